The number of carbonyl (C=O) groups is 1. The molecular formula is C23H22FNOS. The van der Waals surface area contributed by atoms with Crippen LogP contribution in [-0.4, -0.2) is 12.5 Å². The highest BCUT2D eigenvalue weighted by atomic mass is 32.2. The number of amides is 1. The molecule has 0 aliphatic rings. The first kappa shape index (κ1) is 19.2. The van der Waals surface area contributed by atoms with Crippen molar-refractivity contribution in [2.45, 2.75) is 23.5 Å². The van der Waals surface area contributed by atoms with Gasteiger partial charge in [-0.25, -0.2) is 4.39 Å². The lowest BCUT2D eigenvalue weighted by molar-refractivity contribution is 0.0953. The van der Waals surface area contributed by atoms with Gasteiger partial charge in [-0.3, -0.25) is 4.79 Å². The van der Waals surface area contributed by atoms with Gasteiger partial charge >= 0.3 is 0 Å². The molecular weight excluding hydrogens is 357 g/mol. The van der Waals surface area contributed by atoms with Crippen molar-refractivity contribution in [3.05, 3.63) is 101 Å². The molecule has 0 fully saturated rings. The average molecular weight is 380 g/mol. The fourth-order valence-corrected chi connectivity index (χ4v) is 3.56. The van der Waals surface area contributed by atoms with E-state index in [0.717, 1.165) is 24.2 Å². The smallest absolute Gasteiger partial charge is 0.251 e. The van der Waals surface area contributed by atoms with E-state index in [-0.39, 0.29) is 11.7 Å². The molecule has 0 aromatic heterocycles. The third kappa shape index (κ3) is 6.26. The van der Waals surface area contributed by atoms with Crippen molar-refractivity contribution < 1.29 is 9.18 Å². The first-order valence-corrected chi connectivity index (χ1v) is 9.99. The molecule has 1 N–H and O–H groups in total. The lowest BCUT2D eigenvalue weighted by atomic mass is 10.1. The third-order valence-corrected chi connectivity index (χ3v) is 5.29. The van der Waals surface area contributed by atoms with Crippen LogP contribution in [0.25, 0.3) is 0 Å². The molecule has 3 aromatic rings. The zero-order chi connectivity index (χ0) is 18.9. The van der Waals surface area contributed by atoms with Gasteiger partial charge in [0, 0.05) is 22.8 Å². The van der Waals surface area contributed by atoms with E-state index in [1.807, 2.05) is 42.5 Å². The molecule has 0 saturated heterocycles. The van der Waals surface area contributed by atoms with Crippen LogP contribution in [0.15, 0.2) is 83.8 Å². The largest absolute Gasteiger partial charge is 0.352 e. The Bertz CT molecular complexity index is 848. The first-order valence-electron chi connectivity index (χ1n) is 9.00. The minimum absolute atomic E-state index is 0.0589. The number of carbonyl (C=O) groups excluding carboxylic acids is 1. The third-order valence-electron chi connectivity index (χ3n) is 4.21. The summed E-state index contributed by atoms with van der Waals surface area (Å²) in [5.74, 6) is 0.595. The zero-order valence-electron chi connectivity index (χ0n) is 15.0. The van der Waals surface area contributed by atoms with Gasteiger partial charge in [-0.15, -0.1) is 11.8 Å². The Morgan fingerprint density at radius 2 is 1.52 bits per heavy atom. The molecule has 0 spiro atoms. The van der Waals surface area contributed by atoms with E-state index < -0.39 is 0 Å². The number of halogens is 1. The van der Waals surface area contributed by atoms with Crippen molar-refractivity contribution in [2.24, 2.45) is 0 Å². The highest BCUT2D eigenvalue weighted by Crippen LogP contribution is 2.22. The van der Waals surface area contributed by atoms with Crippen LogP contribution in [0.4, 0.5) is 4.39 Å². The van der Waals surface area contributed by atoms with Crippen LogP contribution in [0.2, 0.25) is 0 Å². The molecule has 0 unspecified atom stereocenters. The van der Waals surface area contributed by atoms with Gasteiger partial charge < -0.3 is 5.32 Å². The molecule has 3 aromatic carbocycles. The molecule has 0 aliphatic heterocycles. The normalized spacial score (nSPS) is 10.6. The number of thioether (sulfide) groups is 1. The van der Waals surface area contributed by atoms with Crippen molar-refractivity contribution in [1.82, 2.24) is 5.32 Å². The predicted molar refractivity (Wildman–Crippen MR) is 109 cm³/mol. The molecule has 4 heteroatoms. The van der Waals surface area contributed by atoms with Crippen LogP contribution < -0.4 is 5.32 Å². The summed E-state index contributed by atoms with van der Waals surface area (Å²) in [7, 11) is 0. The van der Waals surface area contributed by atoms with Crippen LogP contribution in [0.3, 0.4) is 0 Å². The molecule has 0 heterocycles. The van der Waals surface area contributed by atoms with Crippen molar-refractivity contribution in [3.63, 3.8) is 0 Å². The Labute approximate surface area is 163 Å². The molecule has 0 atom stereocenters. The van der Waals surface area contributed by atoms with E-state index in [4.69, 9.17) is 0 Å². The maximum Gasteiger partial charge on any atom is 0.251 e. The summed E-state index contributed by atoms with van der Waals surface area (Å²) < 4.78 is 12.9. The van der Waals surface area contributed by atoms with E-state index in [9.17, 15) is 9.18 Å². The van der Waals surface area contributed by atoms with Gasteiger partial charge in [-0.2, -0.15) is 0 Å². The lowest BCUT2D eigenvalue weighted by Gasteiger charge is -2.07. The van der Waals surface area contributed by atoms with Crippen LogP contribution in [0.5, 0.6) is 0 Å². The minimum atomic E-state index is -0.224. The summed E-state index contributed by atoms with van der Waals surface area (Å²) in [6.07, 6.45) is 1.64. The summed E-state index contributed by atoms with van der Waals surface area (Å²) in [4.78, 5) is 13.5. The number of hydrogen-bond acceptors (Lipinski definition) is 2. The number of aryl methyl sites for hydroxylation is 1. The Morgan fingerprint density at radius 1 is 0.852 bits per heavy atom. The second-order valence-corrected chi connectivity index (χ2v) is 7.33. The van der Waals surface area contributed by atoms with Crippen molar-refractivity contribution >= 4 is 17.7 Å². The first-order chi connectivity index (χ1) is 13.2. The second kappa shape index (κ2) is 9.93. The molecule has 2 nitrogen and oxygen atoms in total. The highest BCUT2D eigenvalue weighted by molar-refractivity contribution is 7.98. The Kier molecular flexibility index (Phi) is 7.05. The zero-order valence-corrected chi connectivity index (χ0v) is 15.8. The lowest BCUT2D eigenvalue weighted by Crippen LogP contribution is -2.24. The highest BCUT2D eigenvalue weighted by Gasteiger charge is 2.05. The van der Waals surface area contributed by atoms with Gasteiger partial charge in [0.1, 0.15) is 5.82 Å². The summed E-state index contributed by atoms with van der Waals surface area (Å²) in [6.45, 7) is 0.599. The molecule has 0 saturated carbocycles. The van der Waals surface area contributed by atoms with Crippen LogP contribution in [0.1, 0.15) is 27.9 Å². The topological polar surface area (TPSA) is 29.1 Å². The molecule has 138 valence electrons. The molecule has 0 radical (unpaired) electrons. The minimum Gasteiger partial charge on any atom is -0.352 e. The van der Waals surface area contributed by atoms with Crippen LogP contribution in [-0.2, 0) is 12.2 Å². The molecule has 1 amide bonds. The van der Waals surface area contributed by atoms with Crippen molar-refractivity contribution in [1.29, 1.82) is 0 Å². The summed E-state index contributed by atoms with van der Waals surface area (Å²) in [5.41, 5.74) is 2.94. The SMILES string of the molecule is O=C(NCCCc1ccc(F)cc1)c1ccc(CSc2ccccc2)cc1. The molecule has 0 aliphatic carbocycles. The van der Waals surface area contributed by atoms with Crippen molar-refractivity contribution in [2.75, 3.05) is 6.54 Å². The summed E-state index contributed by atoms with van der Waals surface area (Å²) in [6, 6.07) is 24.5. The second-order valence-electron chi connectivity index (χ2n) is 6.28. The van der Waals surface area contributed by atoms with Gasteiger partial charge in [0.25, 0.3) is 5.91 Å². The van der Waals surface area contributed by atoms with E-state index in [0.29, 0.717) is 12.1 Å². The van der Waals surface area contributed by atoms with E-state index in [1.54, 1.807) is 23.9 Å². The predicted octanol–water partition coefficient (Wildman–Crippen LogP) is 5.48. The Balaban J connectivity index is 1.41. The number of rotatable bonds is 8. The Morgan fingerprint density at radius 3 is 2.22 bits per heavy atom. The monoisotopic (exact) mass is 379 g/mol. The van der Waals surface area contributed by atoms with Crippen LogP contribution >= 0.6 is 11.8 Å². The summed E-state index contributed by atoms with van der Waals surface area (Å²) >= 11 is 1.78. The standard InChI is InChI=1S/C23H22FNOS/c24-21-14-10-18(11-15-21)5-4-16-25-23(26)20-12-8-19(9-13-20)17-27-22-6-2-1-3-7-22/h1-3,6-15H,4-5,16-17H2,(H,25,26). The van der Waals surface area contributed by atoms with Gasteiger partial charge in [-0.05, 0) is 60.4 Å². The summed E-state index contributed by atoms with van der Waals surface area (Å²) in [5, 5.41) is 2.94. The van der Waals surface area contributed by atoms with Gasteiger partial charge in [0.15, 0.2) is 0 Å². The number of benzene rings is 3. The van der Waals surface area contributed by atoms with Gasteiger partial charge in [-0.1, -0.05) is 42.5 Å². The number of nitrogens with one attached hydrogen (secondary N) is 1. The average Bonchev–Trinajstić information content (AvgIpc) is 2.72. The van der Waals surface area contributed by atoms with Gasteiger partial charge in [0.2, 0.25) is 0 Å². The molecule has 0 bridgehead atoms. The van der Waals surface area contributed by atoms with Crippen LogP contribution in [0, 0.1) is 5.82 Å². The molecule has 27 heavy (non-hydrogen) atoms. The Hall–Kier alpha value is -2.59. The van der Waals surface area contributed by atoms with E-state index in [1.165, 1.54) is 22.6 Å². The van der Waals surface area contributed by atoms with E-state index >= 15 is 0 Å². The molecule has 3 rings (SSSR count). The number of hydrogen-bond donors (Lipinski definition) is 1. The van der Waals surface area contributed by atoms with Crippen molar-refractivity contribution in [3.8, 4) is 0 Å². The maximum atomic E-state index is 12.9. The van der Waals surface area contributed by atoms with Gasteiger partial charge in [0.05, 0.1) is 0 Å². The fraction of sp³-hybridized carbons (Fsp3) is 0.174. The van der Waals surface area contributed by atoms with E-state index in [2.05, 4.69) is 17.4 Å². The fourth-order valence-electron chi connectivity index (χ4n) is 2.68. The maximum absolute atomic E-state index is 12.9. The quantitative estimate of drug-likeness (QED) is 0.415.